The Kier molecular flexibility index (Phi) is 5.12. The molecular weight excluding hydrogens is 164 g/mol. The van der Waals surface area contributed by atoms with Gasteiger partial charge in [-0.15, -0.1) is 0 Å². The number of hydrogen-bond donors (Lipinski definition) is 1. The molecule has 2 heteroatoms. The molecule has 0 spiro atoms. The van der Waals surface area contributed by atoms with E-state index in [-0.39, 0.29) is 5.41 Å². The van der Waals surface area contributed by atoms with Crippen molar-refractivity contribution < 1.29 is 9.90 Å². The van der Waals surface area contributed by atoms with Crippen molar-refractivity contribution in [1.82, 2.24) is 0 Å². The van der Waals surface area contributed by atoms with Crippen LogP contribution in [-0.4, -0.2) is 11.4 Å². The summed E-state index contributed by atoms with van der Waals surface area (Å²) in [4.78, 5) is 10.2. The summed E-state index contributed by atoms with van der Waals surface area (Å²) in [7, 11) is 0. The number of aliphatic hydroxyl groups is 1. The summed E-state index contributed by atoms with van der Waals surface area (Å²) in [6, 6.07) is 0. The van der Waals surface area contributed by atoms with Crippen molar-refractivity contribution in [3.63, 3.8) is 0 Å². The second kappa shape index (κ2) is 5.57. The van der Waals surface area contributed by atoms with Gasteiger partial charge in [0.15, 0.2) is 0 Å². The molecule has 1 N–H and O–H groups in total. The van der Waals surface area contributed by atoms with E-state index in [9.17, 15) is 4.79 Å². The van der Waals surface area contributed by atoms with Gasteiger partial charge < -0.3 is 9.90 Å². The number of aliphatic hydroxyl groups excluding tert-OH is 1. The van der Waals surface area contributed by atoms with Crippen LogP contribution in [0.4, 0.5) is 0 Å². The summed E-state index contributed by atoms with van der Waals surface area (Å²) in [6.07, 6.45) is 7.45. The Labute approximate surface area is 80.0 Å². The van der Waals surface area contributed by atoms with Gasteiger partial charge in [0.1, 0.15) is 12.0 Å². The van der Waals surface area contributed by atoms with Gasteiger partial charge in [-0.1, -0.05) is 26.8 Å². The highest BCUT2D eigenvalue weighted by atomic mass is 16.3. The molecule has 0 saturated heterocycles. The van der Waals surface area contributed by atoms with E-state index in [2.05, 4.69) is 0 Å². The van der Waals surface area contributed by atoms with Crippen molar-refractivity contribution in [2.24, 2.45) is 5.41 Å². The molecule has 1 aliphatic rings. The molecule has 1 unspecified atom stereocenters. The third-order valence-corrected chi connectivity index (χ3v) is 1.98. The first-order chi connectivity index (χ1) is 6.16. The monoisotopic (exact) mass is 182 g/mol. The minimum atomic E-state index is -0.0754. The van der Waals surface area contributed by atoms with E-state index in [1.54, 1.807) is 12.2 Å². The number of carbonyl (C=O) groups excluding carboxylic acids is 1. The lowest BCUT2D eigenvalue weighted by Crippen LogP contribution is -2.15. The first kappa shape index (κ1) is 11.9. The van der Waals surface area contributed by atoms with E-state index in [0.717, 1.165) is 12.7 Å². The maximum atomic E-state index is 10.2. The number of allylic oxidation sites excluding steroid dienone is 3. The molecule has 0 heterocycles. The number of carbonyl (C=O) groups is 1. The van der Waals surface area contributed by atoms with E-state index in [4.69, 9.17) is 5.11 Å². The third-order valence-electron chi connectivity index (χ3n) is 1.98. The highest BCUT2D eigenvalue weighted by molar-refractivity contribution is 5.52. The van der Waals surface area contributed by atoms with Crippen LogP contribution in [0.1, 0.15) is 33.6 Å². The van der Waals surface area contributed by atoms with E-state index >= 15 is 0 Å². The Hall–Kier alpha value is -1.05. The Morgan fingerprint density at radius 3 is 2.62 bits per heavy atom. The SMILES string of the molecule is CC.CC1(CC=O)C=CC(O)=CC1. The van der Waals surface area contributed by atoms with Gasteiger partial charge in [0, 0.05) is 6.42 Å². The molecule has 0 aromatic carbocycles. The number of hydrogen-bond acceptors (Lipinski definition) is 2. The van der Waals surface area contributed by atoms with Gasteiger partial charge in [-0.2, -0.15) is 0 Å². The minimum Gasteiger partial charge on any atom is -0.508 e. The molecule has 0 aliphatic heterocycles. The molecule has 2 nitrogen and oxygen atoms in total. The van der Waals surface area contributed by atoms with Gasteiger partial charge in [-0.25, -0.2) is 0 Å². The third kappa shape index (κ3) is 3.92. The zero-order valence-electron chi connectivity index (χ0n) is 8.58. The summed E-state index contributed by atoms with van der Waals surface area (Å²) in [5.41, 5.74) is -0.0754. The van der Waals surface area contributed by atoms with Crippen LogP contribution in [0.3, 0.4) is 0 Å². The van der Waals surface area contributed by atoms with Gasteiger partial charge >= 0.3 is 0 Å². The van der Waals surface area contributed by atoms with Crippen LogP contribution in [-0.2, 0) is 4.79 Å². The molecule has 1 aliphatic carbocycles. The first-order valence-corrected chi connectivity index (χ1v) is 4.68. The van der Waals surface area contributed by atoms with E-state index in [1.807, 2.05) is 26.8 Å². The van der Waals surface area contributed by atoms with Gasteiger partial charge in [0.05, 0.1) is 0 Å². The average molecular weight is 182 g/mol. The zero-order valence-corrected chi connectivity index (χ0v) is 8.58. The van der Waals surface area contributed by atoms with Gasteiger partial charge in [-0.05, 0) is 24.0 Å². The van der Waals surface area contributed by atoms with Crippen LogP contribution >= 0.6 is 0 Å². The fourth-order valence-corrected chi connectivity index (χ4v) is 1.10. The quantitative estimate of drug-likeness (QED) is 0.666. The average Bonchev–Trinajstić information content (AvgIpc) is 2.15. The molecule has 0 saturated carbocycles. The highest BCUT2D eigenvalue weighted by Crippen LogP contribution is 2.30. The fraction of sp³-hybridized carbons (Fsp3) is 0.545. The predicted molar refractivity (Wildman–Crippen MR) is 54.6 cm³/mol. The van der Waals surface area contributed by atoms with Gasteiger partial charge in [0.25, 0.3) is 0 Å². The molecule has 0 amide bonds. The summed E-state index contributed by atoms with van der Waals surface area (Å²) in [5, 5.41) is 9.00. The predicted octanol–water partition coefficient (Wildman–Crippen LogP) is 3.01. The van der Waals surface area contributed by atoms with E-state index in [1.165, 1.54) is 0 Å². The van der Waals surface area contributed by atoms with Gasteiger partial charge in [0.2, 0.25) is 0 Å². The molecule has 0 aromatic rings. The molecule has 1 atom stereocenters. The molecule has 0 radical (unpaired) electrons. The topological polar surface area (TPSA) is 37.3 Å². The maximum absolute atomic E-state index is 10.2. The van der Waals surface area contributed by atoms with Crippen LogP contribution in [0.15, 0.2) is 24.0 Å². The molecule has 74 valence electrons. The van der Waals surface area contributed by atoms with Crippen LogP contribution in [0.25, 0.3) is 0 Å². The molecule has 13 heavy (non-hydrogen) atoms. The van der Waals surface area contributed by atoms with Crippen molar-refractivity contribution in [3.8, 4) is 0 Å². The summed E-state index contributed by atoms with van der Waals surface area (Å²) in [6.45, 7) is 6.00. The number of aldehydes is 1. The smallest absolute Gasteiger partial charge is 0.120 e. The van der Waals surface area contributed by atoms with Crippen molar-refractivity contribution in [3.05, 3.63) is 24.0 Å². The minimum absolute atomic E-state index is 0.0754. The second-order valence-electron chi connectivity index (χ2n) is 3.19. The summed E-state index contributed by atoms with van der Waals surface area (Å²) >= 11 is 0. The van der Waals surface area contributed by atoms with E-state index in [0.29, 0.717) is 12.2 Å². The van der Waals surface area contributed by atoms with Crippen molar-refractivity contribution >= 4 is 6.29 Å². The summed E-state index contributed by atoms with van der Waals surface area (Å²) in [5.74, 6) is 0.299. The largest absolute Gasteiger partial charge is 0.508 e. The normalized spacial score (nSPS) is 25.6. The molecule has 1 rings (SSSR count). The fourth-order valence-electron chi connectivity index (χ4n) is 1.10. The standard InChI is InChI=1S/C9H12O2.C2H6/c1-9(6-7-10)4-2-8(11)3-5-9;1-2/h2-4,7,11H,5-6H2,1H3;1-2H3. The number of rotatable bonds is 2. The Morgan fingerprint density at radius 1 is 1.62 bits per heavy atom. The Morgan fingerprint density at radius 2 is 2.23 bits per heavy atom. The first-order valence-electron chi connectivity index (χ1n) is 4.68. The van der Waals surface area contributed by atoms with Crippen molar-refractivity contribution in [1.29, 1.82) is 0 Å². The lowest BCUT2D eigenvalue weighted by molar-refractivity contribution is -0.109. The Bertz CT molecular complexity index is 216. The van der Waals surface area contributed by atoms with Crippen LogP contribution in [0.5, 0.6) is 0 Å². The zero-order chi connectivity index (χ0) is 10.3. The van der Waals surface area contributed by atoms with Crippen LogP contribution in [0.2, 0.25) is 0 Å². The van der Waals surface area contributed by atoms with Crippen LogP contribution in [0, 0.1) is 5.41 Å². The maximum Gasteiger partial charge on any atom is 0.120 e. The molecule has 0 aromatic heterocycles. The molecule has 0 fully saturated rings. The second-order valence-corrected chi connectivity index (χ2v) is 3.19. The molecule has 0 bridgehead atoms. The van der Waals surface area contributed by atoms with Crippen LogP contribution < -0.4 is 0 Å². The van der Waals surface area contributed by atoms with Crippen molar-refractivity contribution in [2.45, 2.75) is 33.6 Å². The summed E-state index contributed by atoms with van der Waals surface area (Å²) < 4.78 is 0. The van der Waals surface area contributed by atoms with Gasteiger partial charge in [-0.3, -0.25) is 0 Å². The Balaban J connectivity index is 0.000000671. The highest BCUT2D eigenvalue weighted by Gasteiger charge is 2.21. The molecular formula is C11H18O2. The van der Waals surface area contributed by atoms with E-state index < -0.39 is 0 Å². The lowest BCUT2D eigenvalue weighted by Gasteiger charge is -2.23. The van der Waals surface area contributed by atoms with Crippen molar-refractivity contribution in [2.75, 3.05) is 0 Å². The lowest BCUT2D eigenvalue weighted by atomic mass is 9.81.